The highest BCUT2D eigenvalue weighted by Crippen LogP contribution is 2.31. The fourth-order valence-electron chi connectivity index (χ4n) is 3.00. The second-order valence-corrected chi connectivity index (χ2v) is 7.00. The van der Waals surface area contributed by atoms with Gasteiger partial charge >= 0.3 is 0 Å². The minimum atomic E-state index is 0.559. The highest BCUT2D eigenvalue weighted by atomic mass is 79.9. The van der Waals surface area contributed by atoms with Gasteiger partial charge in [-0.05, 0) is 70.6 Å². The fourth-order valence-corrected chi connectivity index (χ4v) is 3.36. The molecule has 1 aliphatic rings. The van der Waals surface area contributed by atoms with Crippen LogP contribution in [0, 0.1) is 13.8 Å². The van der Waals surface area contributed by atoms with Crippen LogP contribution in [0.15, 0.2) is 22.7 Å². The Balaban J connectivity index is 1.99. The smallest absolute Gasteiger partial charge is 0.0726 e. The van der Waals surface area contributed by atoms with E-state index in [2.05, 4.69) is 65.2 Å². The monoisotopic (exact) mass is 347 g/mol. The molecule has 3 nitrogen and oxygen atoms in total. The number of halogens is 1. The average molecular weight is 348 g/mol. The molecule has 0 amide bonds. The summed E-state index contributed by atoms with van der Waals surface area (Å²) in [5.41, 5.74) is 4.70. The fraction of sp³-hybridized carbons (Fsp3) is 0.471. The van der Waals surface area contributed by atoms with Gasteiger partial charge in [0.05, 0.1) is 5.52 Å². The highest BCUT2D eigenvalue weighted by molar-refractivity contribution is 9.10. The molecule has 1 N–H and O–H groups in total. The molecule has 2 heterocycles. The lowest BCUT2D eigenvalue weighted by molar-refractivity contribution is 0.264. The Kier molecular flexibility index (Phi) is 4.18. The van der Waals surface area contributed by atoms with Gasteiger partial charge in [0.1, 0.15) is 0 Å². The van der Waals surface area contributed by atoms with Crippen LogP contribution in [0.4, 0.5) is 5.69 Å². The molecular weight excluding hydrogens is 326 g/mol. The van der Waals surface area contributed by atoms with Gasteiger partial charge in [0, 0.05) is 27.3 Å². The van der Waals surface area contributed by atoms with Crippen LogP contribution in [0.3, 0.4) is 0 Å². The first kappa shape index (κ1) is 14.8. The van der Waals surface area contributed by atoms with Crippen molar-refractivity contribution < 1.29 is 0 Å². The molecule has 0 spiro atoms. The highest BCUT2D eigenvalue weighted by Gasteiger charge is 2.19. The zero-order valence-electron chi connectivity index (χ0n) is 12.9. The number of rotatable bonds is 2. The quantitative estimate of drug-likeness (QED) is 0.885. The number of aryl methyl sites for hydroxylation is 1. The van der Waals surface area contributed by atoms with E-state index in [-0.39, 0.29) is 0 Å². The first-order valence-corrected chi connectivity index (χ1v) is 8.35. The van der Waals surface area contributed by atoms with Crippen molar-refractivity contribution in [3.8, 4) is 0 Å². The van der Waals surface area contributed by atoms with E-state index in [1.165, 1.54) is 42.6 Å². The summed E-state index contributed by atoms with van der Waals surface area (Å²) < 4.78 is 1.10. The Morgan fingerprint density at radius 1 is 1.24 bits per heavy atom. The summed E-state index contributed by atoms with van der Waals surface area (Å²) in [7, 11) is 2.20. The molecule has 0 unspecified atom stereocenters. The van der Waals surface area contributed by atoms with Crippen LogP contribution in [-0.4, -0.2) is 36.1 Å². The van der Waals surface area contributed by atoms with Gasteiger partial charge in [0.2, 0.25) is 0 Å². The zero-order valence-corrected chi connectivity index (χ0v) is 14.5. The van der Waals surface area contributed by atoms with Gasteiger partial charge in [0.15, 0.2) is 0 Å². The third-order valence-corrected chi connectivity index (χ3v) is 4.99. The second-order valence-electron chi connectivity index (χ2n) is 6.08. The standard InChI is InChI=1S/C17H22BrN3/c1-11-12(2)19-16-5-4-13(18)10-15(16)17(11)20-14-6-8-21(3)9-7-14/h4-5,10,14H,6-9H2,1-3H3,(H,19,20). The number of pyridine rings is 1. The number of fused-ring (bicyclic) bond motifs is 1. The number of aromatic nitrogens is 1. The van der Waals surface area contributed by atoms with Crippen LogP contribution in [0.1, 0.15) is 24.1 Å². The van der Waals surface area contributed by atoms with E-state index in [1.807, 2.05) is 0 Å². The molecule has 0 saturated carbocycles. The number of nitrogens with one attached hydrogen (secondary N) is 1. The predicted molar refractivity (Wildman–Crippen MR) is 93.1 cm³/mol. The lowest BCUT2D eigenvalue weighted by Gasteiger charge is -2.31. The Morgan fingerprint density at radius 3 is 2.67 bits per heavy atom. The van der Waals surface area contributed by atoms with Crippen molar-refractivity contribution in [2.75, 3.05) is 25.5 Å². The van der Waals surface area contributed by atoms with E-state index in [0.717, 1.165) is 15.7 Å². The molecule has 1 aromatic heterocycles. The van der Waals surface area contributed by atoms with Crippen LogP contribution < -0.4 is 5.32 Å². The van der Waals surface area contributed by atoms with Crippen LogP contribution in [0.25, 0.3) is 10.9 Å². The topological polar surface area (TPSA) is 28.2 Å². The summed E-state index contributed by atoms with van der Waals surface area (Å²) in [5.74, 6) is 0. The molecule has 112 valence electrons. The molecule has 1 saturated heterocycles. The van der Waals surface area contributed by atoms with Crippen LogP contribution in [-0.2, 0) is 0 Å². The van der Waals surface area contributed by atoms with Gasteiger partial charge in [-0.3, -0.25) is 4.98 Å². The third-order valence-electron chi connectivity index (χ3n) is 4.50. The van der Waals surface area contributed by atoms with E-state index >= 15 is 0 Å². The molecule has 1 aliphatic heterocycles. The first-order valence-electron chi connectivity index (χ1n) is 7.56. The number of hydrogen-bond donors (Lipinski definition) is 1. The van der Waals surface area contributed by atoms with Crippen LogP contribution in [0.5, 0.6) is 0 Å². The van der Waals surface area contributed by atoms with E-state index < -0.39 is 0 Å². The zero-order chi connectivity index (χ0) is 15.0. The molecule has 2 aromatic rings. The van der Waals surface area contributed by atoms with E-state index in [1.54, 1.807) is 0 Å². The minimum absolute atomic E-state index is 0.559. The summed E-state index contributed by atoms with van der Waals surface area (Å²) >= 11 is 3.58. The number of anilines is 1. The Morgan fingerprint density at radius 2 is 1.95 bits per heavy atom. The van der Waals surface area contributed by atoms with Crippen molar-refractivity contribution in [3.05, 3.63) is 33.9 Å². The summed E-state index contributed by atoms with van der Waals surface area (Å²) in [6.07, 6.45) is 2.40. The SMILES string of the molecule is Cc1nc2ccc(Br)cc2c(NC2CCN(C)CC2)c1C. The van der Waals surface area contributed by atoms with Crippen molar-refractivity contribution in [2.24, 2.45) is 0 Å². The van der Waals surface area contributed by atoms with Crippen LogP contribution >= 0.6 is 15.9 Å². The molecule has 1 aromatic carbocycles. The largest absolute Gasteiger partial charge is 0.381 e. The lowest BCUT2D eigenvalue weighted by Crippen LogP contribution is -2.36. The minimum Gasteiger partial charge on any atom is -0.381 e. The first-order chi connectivity index (χ1) is 10.0. The molecule has 1 fully saturated rings. The Hall–Kier alpha value is -1.13. The molecule has 0 aliphatic carbocycles. The van der Waals surface area contributed by atoms with Crippen molar-refractivity contribution >= 4 is 32.5 Å². The van der Waals surface area contributed by atoms with Crippen LogP contribution in [0.2, 0.25) is 0 Å². The Labute approximate surface area is 134 Å². The average Bonchev–Trinajstić information content (AvgIpc) is 2.47. The van der Waals surface area contributed by atoms with Gasteiger partial charge < -0.3 is 10.2 Å². The lowest BCUT2D eigenvalue weighted by atomic mass is 10.0. The molecular formula is C17H22BrN3. The molecule has 4 heteroatoms. The molecule has 0 bridgehead atoms. The number of piperidine rings is 1. The van der Waals surface area contributed by atoms with Crippen molar-refractivity contribution in [2.45, 2.75) is 32.7 Å². The van der Waals surface area contributed by atoms with Gasteiger partial charge in [-0.1, -0.05) is 15.9 Å². The maximum Gasteiger partial charge on any atom is 0.0726 e. The predicted octanol–water partition coefficient (Wildman–Crippen LogP) is 4.12. The summed E-state index contributed by atoms with van der Waals surface area (Å²) in [5, 5.41) is 5.01. The van der Waals surface area contributed by atoms with E-state index in [0.29, 0.717) is 6.04 Å². The maximum absolute atomic E-state index is 4.71. The number of nitrogens with zero attached hydrogens (tertiary/aromatic N) is 2. The maximum atomic E-state index is 4.71. The number of benzene rings is 1. The summed E-state index contributed by atoms with van der Waals surface area (Å²) in [6, 6.07) is 6.88. The van der Waals surface area contributed by atoms with Crippen molar-refractivity contribution in [1.29, 1.82) is 0 Å². The number of likely N-dealkylation sites (tertiary alicyclic amines) is 1. The second kappa shape index (κ2) is 5.93. The summed E-state index contributed by atoms with van der Waals surface area (Å²) in [6.45, 7) is 6.60. The molecule has 21 heavy (non-hydrogen) atoms. The molecule has 3 rings (SSSR count). The van der Waals surface area contributed by atoms with Gasteiger partial charge in [-0.25, -0.2) is 0 Å². The van der Waals surface area contributed by atoms with Gasteiger partial charge in [-0.2, -0.15) is 0 Å². The van der Waals surface area contributed by atoms with Gasteiger partial charge in [-0.15, -0.1) is 0 Å². The molecule has 0 atom stereocenters. The molecule has 0 radical (unpaired) electrons. The Bertz CT molecular complexity index is 661. The number of hydrogen-bond acceptors (Lipinski definition) is 3. The summed E-state index contributed by atoms with van der Waals surface area (Å²) in [4.78, 5) is 7.11. The van der Waals surface area contributed by atoms with Crippen molar-refractivity contribution in [3.63, 3.8) is 0 Å². The third kappa shape index (κ3) is 3.06. The van der Waals surface area contributed by atoms with Gasteiger partial charge in [0.25, 0.3) is 0 Å². The normalized spacial score (nSPS) is 17.3. The van der Waals surface area contributed by atoms with Crippen molar-refractivity contribution in [1.82, 2.24) is 9.88 Å². The van der Waals surface area contributed by atoms with E-state index in [9.17, 15) is 0 Å². The van der Waals surface area contributed by atoms with E-state index in [4.69, 9.17) is 4.98 Å².